The van der Waals surface area contributed by atoms with Crippen molar-refractivity contribution in [1.82, 2.24) is 29.5 Å². The summed E-state index contributed by atoms with van der Waals surface area (Å²) < 4.78 is 69.1. The molecule has 1 aliphatic heterocycles. The number of hydrogen-bond donors (Lipinski definition) is 1. The average molecular weight is 413 g/mol. The van der Waals surface area contributed by atoms with Crippen molar-refractivity contribution in [2.45, 2.75) is 45.1 Å². The Labute approximate surface area is 161 Å². The van der Waals surface area contributed by atoms with Crippen molar-refractivity contribution in [3.05, 3.63) is 46.5 Å². The first-order chi connectivity index (χ1) is 13.6. The van der Waals surface area contributed by atoms with Gasteiger partial charge in [-0.2, -0.15) is 18.2 Å². The lowest BCUT2D eigenvalue weighted by molar-refractivity contribution is -0.145. The van der Waals surface area contributed by atoms with Crippen molar-refractivity contribution in [2.75, 3.05) is 0 Å². The molecule has 3 aromatic rings. The summed E-state index contributed by atoms with van der Waals surface area (Å²) in [7, 11) is 0. The summed E-state index contributed by atoms with van der Waals surface area (Å²) in [5, 5.41) is 11.4. The number of aryl methyl sites for hydroxylation is 2. The summed E-state index contributed by atoms with van der Waals surface area (Å²) in [6.45, 7) is 1.93. The van der Waals surface area contributed by atoms with E-state index in [9.17, 15) is 22.0 Å². The first-order valence-corrected chi connectivity index (χ1v) is 8.78. The minimum atomic E-state index is -4.66. The second kappa shape index (κ2) is 6.87. The molecule has 3 heterocycles. The van der Waals surface area contributed by atoms with Crippen LogP contribution in [0.2, 0.25) is 0 Å². The van der Waals surface area contributed by atoms with Crippen LogP contribution < -0.4 is 5.73 Å². The topological polar surface area (TPSA) is 87.4 Å². The number of hydrogen-bond acceptors (Lipinski definition) is 5. The molecule has 1 aromatic carbocycles. The van der Waals surface area contributed by atoms with E-state index in [1.807, 2.05) is 0 Å². The van der Waals surface area contributed by atoms with Crippen molar-refractivity contribution in [3.8, 4) is 11.6 Å². The van der Waals surface area contributed by atoms with Crippen LogP contribution in [0, 0.1) is 18.6 Å². The van der Waals surface area contributed by atoms with Gasteiger partial charge in [0.2, 0.25) is 5.82 Å². The molecule has 2 aromatic heterocycles. The van der Waals surface area contributed by atoms with Crippen LogP contribution >= 0.6 is 0 Å². The van der Waals surface area contributed by atoms with Gasteiger partial charge in [0.25, 0.3) is 5.82 Å². The Morgan fingerprint density at radius 3 is 2.55 bits per heavy atom. The Bertz CT molecular complexity index is 1070. The Morgan fingerprint density at radius 1 is 1.07 bits per heavy atom. The maximum atomic E-state index is 14.0. The lowest BCUT2D eigenvalue weighted by Crippen LogP contribution is -2.29. The molecule has 0 spiro atoms. The van der Waals surface area contributed by atoms with Gasteiger partial charge >= 0.3 is 6.18 Å². The van der Waals surface area contributed by atoms with E-state index in [0.717, 1.165) is 16.8 Å². The van der Waals surface area contributed by atoms with Crippen LogP contribution in [-0.2, 0) is 32.1 Å². The number of benzene rings is 1. The molecule has 4 rings (SSSR count). The molecule has 12 heteroatoms. The third-order valence-electron chi connectivity index (χ3n) is 4.74. The van der Waals surface area contributed by atoms with Crippen molar-refractivity contribution in [1.29, 1.82) is 0 Å². The highest BCUT2D eigenvalue weighted by Crippen LogP contribution is 2.30. The highest BCUT2D eigenvalue weighted by atomic mass is 19.4. The normalized spacial score (nSPS) is 14.6. The standard InChI is InChI=1S/C17H16F5N7/c1-8-4-12(19)9(6-11(8)18)5-10(23)7-13-25-26-15-14-24-16(17(20,21)22)27-29(14)3-2-28(13)15/h4,6,10H,2-3,5,7,23H2,1H3/t10-/m1/s1. The zero-order valence-corrected chi connectivity index (χ0v) is 15.2. The van der Waals surface area contributed by atoms with Crippen molar-refractivity contribution in [2.24, 2.45) is 5.73 Å². The number of halogens is 5. The van der Waals surface area contributed by atoms with E-state index in [0.29, 0.717) is 12.4 Å². The maximum Gasteiger partial charge on any atom is 0.453 e. The van der Waals surface area contributed by atoms with Gasteiger partial charge in [0.1, 0.15) is 17.5 Å². The number of nitrogens with zero attached hydrogens (tertiary/aromatic N) is 6. The number of fused-ring (bicyclic) bond motifs is 3. The second-order valence-electron chi connectivity index (χ2n) is 6.93. The van der Waals surface area contributed by atoms with Gasteiger partial charge in [-0.15, -0.1) is 15.3 Å². The maximum absolute atomic E-state index is 14.0. The molecule has 1 atom stereocenters. The zero-order chi connectivity index (χ0) is 20.9. The summed E-state index contributed by atoms with van der Waals surface area (Å²) in [6.07, 6.45) is -4.41. The summed E-state index contributed by atoms with van der Waals surface area (Å²) in [6, 6.07) is 1.64. The van der Waals surface area contributed by atoms with E-state index in [1.165, 1.54) is 6.92 Å². The van der Waals surface area contributed by atoms with E-state index in [1.54, 1.807) is 4.57 Å². The molecule has 0 saturated heterocycles. The van der Waals surface area contributed by atoms with Crippen molar-refractivity contribution in [3.63, 3.8) is 0 Å². The number of aromatic nitrogens is 6. The van der Waals surface area contributed by atoms with Gasteiger partial charge in [-0.25, -0.2) is 13.5 Å². The Hall–Kier alpha value is -2.89. The SMILES string of the molecule is Cc1cc(F)c(C[C@@H](N)Cc2nnc3n2CCn2nc(C(F)(F)F)nc2-3)cc1F. The van der Waals surface area contributed by atoms with Gasteiger partial charge in [-0.3, -0.25) is 0 Å². The van der Waals surface area contributed by atoms with Crippen molar-refractivity contribution >= 4 is 0 Å². The predicted molar refractivity (Wildman–Crippen MR) is 90.5 cm³/mol. The van der Waals surface area contributed by atoms with Gasteiger partial charge in [0.05, 0.1) is 6.54 Å². The summed E-state index contributed by atoms with van der Waals surface area (Å²) >= 11 is 0. The lowest BCUT2D eigenvalue weighted by Gasteiger charge is -2.17. The van der Waals surface area contributed by atoms with E-state index in [-0.39, 0.29) is 42.2 Å². The van der Waals surface area contributed by atoms with E-state index in [2.05, 4.69) is 20.3 Å². The van der Waals surface area contributed by atoms with Crippen LogP contribution in [-0.4, -0.2) is 35.6 Å². The first kappa shape index (κ1) is 19.4. The smallest absolute Gasteiger partial charge is 0.327 e. The summed E-state index contributed by atoms with van der Waals surface area (Å²) in [5.74, 6) is -1.73. The van der Waals surface area contributed by atoms with Crippen LogP contribution in [0.3, 0.4) is 0 Å². The van der Waals surface area contributed by atoms with E-state index < -0.39 is 29.7 Å². The zero-order valence-electron chi connectivity index (χ0n) is 15.2. The molecular formula is C17H16F5N7. The molecule has 154 valence electrons. The summed E-state index contributed by atoms with van der Waals surface area (Å²) in [4.78, 5) is 3.53. The molecule has 0 radical (unpaired) electrons. The molecular weight excluding hydrogens is 397 g/mol. The fourth-order valence-corrected chi connectivity index (χ4v) is 3.30. The highest BCUT2D eigenvalue weighted by molar-refractivity contribution is 5.45. The Balaban J connectivity index is 1.55. The van der Waals surface area contributed by atoms with Crippen LogP contribution in [0.1, 0.15) is 22.8 Å². The summed E-state index contributed by atoms with van der Waals surface area (Å²) in [5.41, 5.74) is 6.44. The molecule has 0 aliphatic carbocycles. The monoisotopic (exact) mass is 413 g/mol. The third kappa shape index (κ3) is 3.59. The second-order valence-corrected chi connectivity index (χ2v) is 6.93. The predicted octanol–water partition coefficient (Wildman–Crippen LogP) is 2.27. The minimum absolute atomic E-state index is 0.0254. The minimum Gasteiger partial charge on any atom is -0.327 e. The first-order valence-electron chi connectivity index (χ1n) is 8.78. The molecule has 1 aliphatic rings. The average Bonchev–Trinajstić information content (AvgIpc) is 3.23. The molecule has 0 fully saturated rings. The molecule has 0 saturated carbocycles. The van der Waals surface area contributed by atoms with Crippen molar-refractivity contribution < 1.29 is 22.0 Å². The Kier molecular flexibility index (Phi) is 4.60. The van der Waals surface area contributed by atoms with Gasteiger partial charge in [0, 0.05) is 19.0 Å². The number of rotatable bonds is 4. The van der Waals surface area contributed by atoms with Crippen LogP contribution in [0.15, 0.2) is 12.1 Å². The van der Waals surface area contributed by atoms with Crippen LogP contribution in [0.5, 0.6) is 0 Å². The van der Waals surface area contributed by atoms with E-state index >= 15 is 0 Å². The fraction of sp³-hybridized carbons (Fsp3) is 0.412. The van der Waals surface area contributed by atoms with Gasteiger partial charge in [-0.1, -0.05) is 0 Å². The third-order valence-corrected chi connectivity index (χ3v) is 4.74. The van der Waals surface area contributed by atoms with E-state index in [4.69, 9.17) is 5.73 Å². The molecule has 0 unspecified atom stereocenters. The molecule has 29 heavy (non-hydrogen) atoms. The quantitative estimate of drug-likeness (QED) is 0.663. The Morgan fingerprint density at radius 2 is 1.83 bits per heavy atom. The van der Waals surface area contributed by atoms with Gasteiger partial charge in [0.15, 0.2) is 5.82 Å². The largest absolute Gasteiger partial charge is 0.453 e. The molecule has 0 bridgehead atoms. The fourth-order valence-electron chi connectivity index (χ4n) is 3.30. The molecule has 7 nitrogen and oxygen atoms in total. The highest BCUT2D eigenvalue weighted by Gasteiger charge is 2.38. The van der Waals surface area contributed by atoms with Gasteiger partial charge in [-0.05, 0) is 36.6 Å². The van der Waals surface area contributed by atoms with Crippen LogP contribution in [0.4, 0.5) is 22.0 Å². The molecule has 2 N–H and O–H groups in total. The van der Waals surface area contributed by atoms with Gasteiger partial charge < -0.3 is 10.3 Å². The number of nitrogens with two attached hydrogens (primary N) is 1. The molecule has 0 amide bonds. The lowest BCUT2D eigenvalue weighted by atomic mass is 10.0. The van der Waals surface area contributed by atoms with Crippen LogP contribution in [0.25, 0.3) is 11.6 Å². The number of alkyl halides is 3.